The number of hydrazine groups is 1. The van der Waals surface area contributed by atoms with Gasteiger partial charge in [0.2, 0.25) is 5.96 Å². The SMILES string of the molecule is N=C(N)N(N)Cc1nccs1. The van der Waals surface area contributed by atoms with Gasteiger partial charge < -0.3 is 5.73 Å². The van der Waals surface area contributed by atoms with Gasteiger partial charge in [-0.2, -0.15) is 0 Å². The molecule has 0 fully saturated rings. The number of nitrogens with two attached hydrogens (primary N) is 2. The molecular weight excluding hydrogens is 162 g/mol. The Morgan fingerprint density at radius 1 is 1.82 bits per heavy atom. The standard InChI is InChI=1S/C5H9N5S/c6-5(7)10(8)3-4-9-1-2-11-4/h1-2H,3,8H2,(H3,6,7). The van der Waals surface area contributed by atoms with E-state index in [0.29, 0.717) is 6.54 Å². The van der Waals surface area contributed by atoms with Crippen LogP contribution in [0.1, 0.15) is 5.01 Å². The molecule has 0 spiro atoms. The van der Waals surface area contributed by atoms with Gasteiger partial charge in [-0.1, -0.05) is 0 Å². The number of hydrogen-bond donors (Lipinski definition) is 3. The molecule has 5 nitrogen and oxygen atoms in total. The molecule has 11 heavy (non-hydrogen) atoms. The van der Waals surface area contributed by atoms with Crippen LogP contribution in [0.25, 0.3) is 0 Å². The van der Waals surface area contributed by atoms with Crippen molar-refractivity contribution in [3.63, 3.8) is 0 Å². The van der Waals surface area contributed by atoms with E-state index in [9.17, 15) is 0 Å². The van der Waals surface area contributed by atoms with Gasteiger partial charge in [-0.05, 0) is 0 Å². The van der Waals surface area contributed by atoms with E-state index in [0.717, 1.165) is 10.0 Å². The molecule has 0 unspecified atom stereocenters. The predicted molar refractivity (Wildman–Crippen MR) is 43.8 cm³/mol. The molecule has 6 heteroatoms. The minimum Gasteiger partial charge on any atom is -0.369 e. The lowest BCUT2D eigenvalue weighted by atomic mass is 10.6. The molecule has 0 atom stereocenters. The summed E-state index contributed by atoms with van der Waals surface area (Å²) < 4.78 is 0. The maximum Gasteiger partial charge on any atom is 0.203 e. The van der Waals surface area contributed by atoms with Crippen molar-refractivity contribution in [2.24, 2.45) is 11.6 Å². The topological polar surface area (TPSA) is 92.0 Å². The van der Waals surface area contributed by atoms with Crippen LogP contribution in [-0.2, 0) is 6.54 Å². The summed E-state index contributed by atoms with van der Waals surface area (Å²) in [7, 11) is 0. The maximum atomic E-state index is 6.96. The van der Waals surface area contributed by atoms with E-state index in [4.69, 9.17) is 17.0 Å². The minimum atomic E-state index is -0.153. The minimum absolute atomic E-state index is 0.153. The highest BCUT2D eigenvalue weighted by molar-refractivity contribution is 7.09. The Hall–Kier alpha value is -1.14. The Bertz CT molecular complexity index is 231. The monoisotopic (exact) mass is 171 g/mol. The Morgan fingerprint density at radius 2 is 2.55 bits per heavy atom. The fraction of sp³-hybridized carbons (Fsp3) is 0.200. The third kappa shape index (κ3) is 2.17. The molecular formula is C5H9N5S. The lowest BCUT2D eigenvalue weighted by Crippen LogP contribution is -2.41. The number of hydrogen-bond acceptors (Lipinski definition) is 4. The van der Waals surface area contributed by atoms with E-state index < -0.39 is 0 Å². The van der Waals surface area contributed by atoms with Crippen molar-refractivity contribution in [3.8, 4) is 0 Å². The van der Waals surface area contributed by atoms with Crippen molar-refractivity contribution >= 4 is 17.3 Å². The number of thiazole rings is 1. The summed E-state index contributed by atoms with van der Waals surface area (Å²) in [5.41, 5.74) is 5.11. The van der Waals surface area contributed by atoms with E-state index >= 15 is 0 Å². The van der Waals surface area contributed by atoms with Crippen LogP contribution in [0, 0.1) is 5.41 Å². The maximum absolute atomic E-state index is 6.96. The summed E-state index contributed by atoms with van der Waals surface area (Å²) in [6.45, 7) is 0.396. The van der Waals surface area contributed by atoms with Gasteiger partial charge >= 0.3 is 0 Å². The summed E-state index contributed by atoms with van der Waals surface area (Å²) in [6.07, 6.45) is 1.69. The lowest BCUT2D eigenvalue weighted by molar-refractivity contribution is 0.425. The predicted octanol–water partition coefficient (Wildman–Crippen LogP) is -0.288. The lowest BCUT2D eigenvalue weighted by Gasteiger charge is -2.13. The van der Waals surface area contributed by atoms with Crippen LogP contribution in [0.15, 0.2) is 11.6 Å². The van der Waals surface area contributed by atoms with Crippen molar-refractivity contribution in [1.82, 2.24) is 9.99 Å². The van der Waals surface area contributed by atoms with E-state index in [1.165, 1.54) is 11.3 Å². The highest BCUT2D eigenvalue weighted by Gasteiger charge is 2.02. The summed E-state index contributed by atoms with van der Waals surface area (Å²) >= 11 is 1.48. The fourth-order valence-electron chi connectivity index (χ4n) is 0.562. The molecule has 0 amide bonds. The van der Waals surface area contributed by atoms with Crippen LogP contribution < -0.4 is 11.6 Å². The zero-order valence-corrected chi connectivity index (χ0v) is 6.64. The summed E-state index contributed by atoms with van der Waals surface area (Å²) in [6, 6.07) is 0. The third-order valence-corrected chi connectivity index (χ3v) is 1.86. The van der Waals surface area contributed by atoms with Crippen molar-refractivity contribution < 1.29 is 0 Å². The van der Waals surface area contributed by atoms with E-state index in [-0.39, 0.29) is 5.96 Å². The van der Waals surface area contributed by atoms with Crippen LogP contribution in [0.4, 0.5) is 0 Å². The summed E-state index contributed by atoms with van der Waals surface area (Å²) in [5.74, 6) is 5.21. The van der Waals surface area contributed by atoms with Crippen LogP contribution in [0.2, 0.25) is 0 Å². The molecule has 0 saturated heterocycles. The first kappa shape index (κ1) is 7.96. The zero-order valence-electron chi connectivity index (χ0n) is 5.82. The largest absolute Gasteiger partial charge is 0.369 e. The average Bonchev–Trinajstić information content (AvgIpc) is 2.39. The molecule has 60 valence electrons. The molecule has 0 saturated carbocycles. The van der Waals surface area contributed by atoms with Crippen molar-refractivity contribution in [3.05, 3.63) is 16.6 Å². The first-order chi connectivity index (χ1) is 5.20. The van der Waals surface area contributed by atoms with Gasteiger partial charge in [0, 0.05) is 11.6 Å². The number of nitrogens with one attached hydrogen (secondary N) is 1. The van der Waals surface area contributed by atoms with Crippen LogP contribution in [0.3, 0.4) is 0 Å². The van der Waals surface area contributed by atoms with Gasteiger partial charge in [0.05, 0.1) is 6.54 Å². The van der Waals surface area contributed by atoms with Crippen molar-refractivity contribution in [2.45, 2.75) is 6.54 Å². The number of guanidine groups is 1. The van der Waals surface area contributed by atoms with Gasteiger partial charge in [-0.3, -0.25) is 10.4 Å². The molecule has 1 heterocycles. The molecule has 0 aromatic carbocycles. The molecule has 1 aromatic heterocycles. The molecule has 0 bridgehead atoms. The van der Waals surface area contributed by atoms with Gasteiger partial charge in [-0.15, -0.1) is 11.3 Å². The van der Waals surface area contributed by atoms with Crippen molar-refractivity contribution in [1.29, 1.82) is 5.41 Å². The summed E-state index contributed by atoms with van der Waals surface area (Å²) in [4.78, 5) is 3.98. The van der Waals surface area contributed by atoms with Gasteiger partial charge in [0.1, 0.15) is 5.01 Å². The van der Waals surface area contributed by atoms with Crippen LogP contribution in [0.5, 0.6) is 0 Å². The van der Waals surface area contributed by atoms with Crippen molar-refractivity contribution in [2.75, 3.05) is 0 Å². The first-order valence-corrected chi connectivity index (χ1v) is 3.82. The molecule has 0 radical (unpaired) electrons. The number of aromatic nitrogens is 1. The number of nitrogens with zero attached hydrogens (tertiary/aromatic N) is 2. The van der Waals surface area contributed by atoms with E-state index in [2.05, 4.69) is 4.98 Å². The van der Waals surface area contributed by atoms with E-state index in [1.807, 2.05) is 5.38 Å². The second-order valence-electron chi connectivity index (χ2n) is 1.94. The highest BCUT2D eigenvalue weighted by atomic mass is 32.1. The molecule has 0 aliphatic rings. The van der Waals surface area contributed by atoms with Crippen LogP contribution in [-0.4, -0.2) is 16.0 Å². The Kier molecular flexibility index (Phi) is 2.40. The second-order valence-corrected chi connectivity index (χ2v) is 2.92. The summed E-state index contributed by atoms with van der Waals surface area (Å²) in [5, 5.41) is 10.8. The second kappa shape index (κ2) is 3.31. The van der Waals surface area contributed by atoms with Gasteiger partial charge in [-0.25, -0.2) is 10.8 Å². The van der Waals surface area contributed by atoms with E-state index in [1.54, 1.807) is 6.20 Å². The normalized spacial score (nSPS) is 9.55. The highest BCUT2D eigenvalue weighted by Crippen LogP contribution is 2.04. The molecule has 1 aromatic rings. The Labute approximate surface area is 68.1 Å². The third-order valence-electron chi connectivity index (χ3n) is 1.10. The molecule has 1 rings (SSSR count). The molecule has 0 aliphatic heterocycles. The Morgan fingerprint density at radius 3 is 3.00 bits per heavy atom. The van der Waals surface area contributed by atoms with Gasteiger partial charge in [0.15, 0.2) is 0 Å². The zero-order chi connectivity index (χ0) is 8.27. The van der Waals surface area contributed by atoms with Gasteiger partial charge in [0.25, 0.3) is 0 Å². The molecule has 5 N–H and O–H groups in total. The quantitative estimate of drug-likeness (QED) is 0.247. The number of rotatable bonds is 2. The average molecular weight is 171 g/mol. The first-order valence-electron chi connectivity index (χ1n) is 2.95. The Balaban J connectivity index is 2.50. The molecule has 0 aliphatic carbocycles. The fourth-order valence-corrected chi connectivity index (χ4v) is 1.18. The smallest absolute Gasteiger partial charge is 0.203 e. The van der Waals surface area contributed by atoms with Crippen LogP contribution >= 0.6 is 11.3 Å².